The lowest BCUT2D eigenvalue weighted by Crippen LogP contribution is -1.77. The van der Waals surface area contributed by atoms with Gasteiger partial charge in [-0.3, -0.25) is 0 Å². The molecule has 0 radical (unpaired) electrons. The lowest BCUT2D eigenvalue weighted by Gasteiger charge is -2.02. The van der Waals surface area contributed by atoms with Crippen molar-refractivity contribution >= 4 is 22.0 Å². The van der Waals surface area contributed by atoms with Crippen LogP contribution in [0.15, 0.2) is 18.2 Å². The molecule has 3 N–H and O–H groups in total. The maximum absolute atomic E-state index is 9.31. The first-order valence-electron chi connectivity index (χ1n) is 3.62. The Hall–Kier alpha value is -1.16. The monoisotopic (exact) mass is 244 g/mol. The third-order valence-corrected chi connectivity index (χ3v) is 1.87. The number of benzene rings is 1. The first kappa shape index (κ1) is 9.92. The number of aromatic hydroxyl groups is 3. The fourth-order valence-electron chi connectivity index (χ4n) is 0.942. The summed E-state index contributed by atoms with van der Waals surface area (Å²) in [4.78, 5) is 0. The summed E-state index contributed by atoms with van der Waals surface area (Å²) in [6.45, 7) is 0. The molecule has 0 bridgehead atoms. The van der Waals surface area contributed by atoms with Crippen molar-refractivity contribution in [3.63, 3.8) is 0 Å². The smallest absolute Gasteiger partial charge is 0.130 e. The standard InChI is InChI=1S/C9H9BrO3/c10-3-1-2-7-8(12)4-6(11)5-9(7)13/h1-2,4-5,11-13H,3H2. The second-order valence-electron chi connectivity index (χ2n) is 2.45. The van der Waals surface area contributed by atoms with Crippen LogP contribution in [-0.4, -0.2) is 20.6 Å². The Bertz CT molecular complexity index is 311. The summed E-state index contributed by atoms with van der Waals surface area (Å²) < 4.78 is 0. The van der Waals surface area contributed by atoms with Crippen molar-refractivity contribution in [2.75, 3.05) is 5.33 Å². The van der Waals surface area contributed by atoms with Crippen molar-refractivity contribution in [2.45, 2.75) is 0 Å². The zero-order valence-corrected chi connectivity index (χ0v) is 8.32. The van der Waals surface area contributed by atoms with Gasteiger partial charge in [-0.05, 0) is 0 Å². The minimum atomic E-state index is -0.161. The van der Waals surface area contributed by atoms with E-state index < -0.39 is 0 Å². The number of hydrogen-bond acceptors (Lipinski definition) is 3. The van der Waals surface area contributed by atoms with Crippen LogP contribution in [0.1, 0.15) is 5.56 Å². The van der Waals surface area contributed by atoms with E-state index in [1.54, 1.807) is 12.2 Å². The summed E-state index contributed by atoms with van der Waals surface area (Å²) in [5, 5.41) is 28.2. The van der Waals surface area contributed by atoms with E-state index in [2.05, 4.69) is 15.9 Å². The molecule has 0 spiro atoms. The van der Waals surface area contributed by atoms with Crippen molar-refractivity contribution in [1.82, 2.24) is 0 Å². The van der Waals surface area contributed by atoms with Crippen LogP contribution in [0.3, 0.4) is 0 Å². The van der Waals surface area contributed by atoms with Gasteiger partial charge in [-0.25, -0.2) is 0 Å². The minimum Gasteiger partial charge on any atom is -0.508 e. The molecule has 0 aromatic heterocycles. The van der Waals surface area contributed by atoms with Gasteiger partial charge in [0.1, 0.15) is 17.2 Å². The summed E-state index contributed by atoms with van der Waals surface area (Å²) in [5.41, 5.74) is 0.303. The van der Waals surface area contributed by atoms with Crippen molar-refractivity contribution in [3.05, 3.63) is 23.8 Å². The van der Waals surface area contributed by atoms with Gasteiger partial charge in [0.25, 0.3) is 0 Å². The second-order valence-corrected chi connectivity index (χ2v) is 3.10. The highest BCUT2D eigenvalue weighted by atomic mass is 79.9. The first-order valence-corrected chi connectivity index (χ1v) is 4.74. The minimum absolute atomic E-state index is 0.144. The molecule has 70 valence electrons. The predicted octanol–water partition coefficient (Wildman–Crippen LogP) is 2.21. The van der Waals surface area contributed by atoms with E-state index in [0.717, 1.165) is 0 Å². The molecule has 0 amide bonds. The largest absolute Gasteiger partial charge is 0.508 e. The molecule has 4 heteroatoms. The van der Waals surface area contributed by atoms with E-state index >= 15 is 0 Å². The van der Waals surface area contributed by atoms with Crippen LogP contribution >= 0.6 is 15.9 Å². The van der Waals surface area contributed by atoms with Gasteiger partial charge >= 0.3 is 0 Å². The molecule has 0 fully saturated rings. The zero-order chi connectivity index (χ0) is 9.84. The molecule has 0 atom stereocenters. The fraction of sp³-hybridized carbons (Fsp3) is 0.111. The van der Waals surface area contributed by atoms with Crippen LogP contribution < -0.4 is 0 Å². The van der Waals surface area contributed by atoms with Crippen molar-refractivity contribution in [1.29, 1.82) is 0 Å². The van der Waals surface area contributed by atoms with Gasteiger partial charge in [-0.1, -0.05) is 28.1 Å². The molecule has 0 saturated heterocycles. The SMILES string of the molecule is Oc1cc(O)c(C=CCBr)c(O)c1. The highest BCUT2D eigenvalue weighted by Crippen LogP contribution is 2.32. The van der Waals surface area contributed by atoms with E-state index in [-0.39, 0.29) is 17.2 Å². The quantitative estimate of drug-likeness (QED) is 0.700. The normalized spacial score (nSPS) is 10.8. The van der Waals surface area contributed by atoms with E-state index in [0.29, 0.717) is 10.9 Å². The van der Waals surface area contributed by atoms with Crippen LogP contribution in [0.5, 0.6) is 17.2 Å². The van der Waals surface area contributed by atoms with Crippen molar-refractivity contribution in [3.8, 4) is 17.2 Å². The summed E-state index contributed by atoms with van der Waals surface area (Å²) in [5.74, 6) is -0.449. The summed E-state index contributed by atoms with van der Waals surface area (Å²) in [6.07, 6.45) is 3.30. The Labute approximate surface area is 84.1 Å². The molecule has 13 heavy (non-hydrogen) atoms. The molecule has 3 nitrogen and oxygen atoms in total. The summed E-state index contributed by atoms with van der Waals surface area (Å²) >= 11 is 3.17. The molecule has 1 aromatic carbocycles. The first-order chi connectivity index (χ1) is 6.15. The summed E-state index contributed by atoms with van der Waals surface area (Å²) in [6, 6.07) is 2.35. The Morgan fingerprint density at radius 3 is 2.15 bits per heavy atom. The second kappa shape index (κ2) is 4.18. The fourth-order valence-corrected chi connectivity index (χ4v) is 1.13. The van der Waals surface area contributed by atoms with Gasteiger partial charge in [0, 0.05) is 17.5 Å². The number of phenols is 3. The molecule has 0 aliphatic carbocycles. The maximum atomic E-state index is 9.31. The van der Waals surface area contributed by atoms with Crippen LogP contribution in [-0.2, 0) is 0 Å². The molecule has 0 heterocycles. The number of rotatable bonds is 2. The van der Waals surface area contributed by atoms with E-state index in [1.165, 1.54) is 12.1 Å². The average Bonchev–Trinajstić information content (AvgIpc) is 2.02. The molecule has 1 rings (SSSR count). The highest BCUT2D eigenvalue weighted by molar-refractivity contribution is 9.09. The molecule has 1 aromatic rings. The molecule has 0 saturated carbocycles. The van der Waals surface area contributed by atoms with Crippen LogP contribution in [0.4, 0.5) is 0 Å². The van der Waals surface area contributed by atoms with Crippen LogP contribution in [0, 0.1) is 0 Å². The Kier molecular flexibility index (Phi) is 3.19. The lowest BCUT2D eigenvalue weighted by molar-refractivity contribution is 0.426. The third-order valence-electron chi connectivity index (χ3n) is 1.49. The number of alkyl halides is 1. The third kappa shape index (κ3) is 2.39. The number of halogens is 1. The Morgan fingerprint density at radius 1 is 1.15 bits per heavy atom. The topological polar surface area (TPSA) is 60.7 Å². The van der Waals surface area contributed by atoms with Gasteiger partial charge in [-0.2, -0.15) is 0 Å². The average molecular weight is 245 g/mol. The highest BCUT2D eigenvalue weighted by Gasteiger charge is 2.05. The predicted molar refractivity (Wildman–Crippen MR) is 54.3 cm³/mol. The molecule has 0 unspecified atom stereocenters. The number of phenolic OH excluding ortho intramolecular Hbond substituents is 3. The molecule has 0 aliphatic heterocycles. The lowest BCUT2D eigenvalue weighted by atomic mass is 10.1. The van der Waals surface area contributed by atoms with E-state index in [9.17, 15) is 10.2 Å². The summed E-state index contributed by atoms with van der Waals surface area (Å²) in [7, 11) is 0. The van der Waals surface area contributed by atoms with E-state index in [1.807, 2.05) is 0 Å². The van der Waals surface area contributed by atoms with Gasteiger partial charge in [-0.15, -0.1) is 0 Å². The zero-order valence-electron chi connectivity index (χ0n) is 6.74. The van der Waals surface area contributed by atoms with Crippen molar-refractivity contribution < 1.29 is 15.3 Å². The van der Waals surface area contributed by atoms with Crippen molar-refractivity contribution in [2.24, 2.45) is 0 Å². The van der Waals surface area contributed by atoms with Crippen LogP contribution in [0.25, 0.3) is 6.08 Å². The molecular formula is C9H9BrO3. The molecular weight excluding hydrogens is 236 g/mol. The van der Waals surface area contributed by atoms with Crippen LogP contribution in [0.2, 0.25) is 0 Å². The number of allylic oxidation sites excluding steroid dienone is 1. The van der Waals surface area contributed by atoms with Gasteiger partial charge in [0.05, 0.1) is 5.56 Å². The van der Waals surface area contributed by atoms with Gasteiger partial charge < -0.3 is 15.3 Å². The number of hydrogen-bond donors (Lipinski definition) is 3. The van der Waals surface area contributed by atoms with Gasteiger partial charge in [0.15, 0.2) is 0 Å². The Morgan fingerprint density at radius 2 is 1.69 bits per heavy atom. The van der Waals surface area contributed by atoms with Gasteiger partial charge in [0.2, 0.25) is 0 Å². The molecule has 0 aliphatic rings. The maximum Gasteiger partial charge on any atom is 0.130 e. The van der Waals surface area contributed by atoms with E-state index in [4.69, 9.17) is 5.11 Å². The Balaban J connectivity index is 3.13.